The van der Waals surface area contributed by atoms with Gasteiger partial charge in [0.2, 0.25) is 0 Å². The largest absolute Gasteiger partial charge is 0.493 e. The van der Waals surface area contributed by atoms with Crippen molar-refractivity contribution in [1.29, 1.82) is 0 Å². The zero-order chi connectivity index (χ0) is 34.5. The second kappa shape index (κ2) is 15.1. The van der Waals surface area contributed by atoms with Crippen LogP contribution in [0.15, 0.2) is 106 Å². The Morgan fingerprint density at radius 3 is 2.27 bits per heavy atom. The minimum absolute atomic E-state index is 0.152. The van der Waals surface area contributed by atoms with Crippen LogP contribution in [0.1, 0.15) is 35.2 Å². The highest BCUT2D eigenvalue weighted by molar-refractivity contribution is 14.1. The highest BCUT2D eigenvalue weighted by Gasteiger charge is 2.35. The molecule has 0 saturated carbocycles. The molecule has 6 rings (SSSR count). The van der Waals surface area contributed by atoms with Gasteiger partial charge in [-0.25, -0.2) is 9.79 Å². The molecule has 0 aliphatic carbocycles. The van der Waals surface area contributed by atoms with Gasteiger partial charge in [0.05, 0.1) is 53.4 Å². The Kier molecular flexibility index (Phi) is 10.5. The number of nitrogens with zero attached hydrogens (tertiary/aromatic N) is 2. The fraction of sp³-hybridized carbons (Fsp3) is 0.184. The van der Waals surface area contributed by atoms with E-state index in [1.165, 1.54) is 18.4 Å². The fourth-order valence-electron chi connectivity index (χ4n) is 5.62. The number of fused-ring (bicyclic) bond motifs is 1. The molecule has 1 aliphatic heterocycles. The van der Waals surface area contributed by atoms with E-state index in [1.54, 1.807) is 43.9 Å². The van der Waals surface area contributed by atoms with Crippen molar-refractivity contribution in [3.05, 3.63) is 142 Å². The van der Waals surface area contributed by atoms with E-state index in [-0.39, 0.29) is 17.7 Å². The van der Waals surface area contributed by atoms with E-state index in [1.807, 2.05) is 78.9 Å². The maximum atomic E-state index is 14.4. The van der Waals surface area contributed by atoms with Crippen LogP contribution < -0.4 is 33.8 Å². The molecule has 11 heteroatoms. The summed E-state index contributed by atoms with van der Waals surface area (Å²) in [6.45, 7) is 2.28. The third-order valence-corrected chi connectivity index (χ3v) is 9.66. The van der Waals surface area contributed by atoms with Crippen LogP contribution in [0, 0.1) is 3.57 Å². The molecule has 1 atom stereocenters. The molecule has 4 aromatic carbocycles. The lowest BCUT2D eigenvalue weighted by atomic mass is 9.93. The van der Waals surface area contributed by atoms with Crippen LogP contribution in [0.4, 0.5) is 0 Å². The molecule has 0 N–H and O–H groups in total. The highest BCUT2D eigenvalue weighted by atomic mass is 127. The minimum Gasteiger partial charge on any atom is -0.493 e. The number of esters is 1. The number of benzene rings is 4. The van der Waals surface area contributed by atoms with E-state index in [0.717, 1.165) is 20.3 Å². The lowest BCUT2D eigenvalue weighted by molar-refractivity contribution is -0.138. The van der Waals surface area contributed by atoms with Gasteiger partial charge in [-0.2, -0.15) is 0 Å². The summed E-state index contributed by atoms with van der Waals surface area (Å²) in [4.78, 5) is 33.6. The van der Waals surface area contributed by atoms with Crippen molar-refractivity contribution in [3.8, 4) is 23.0 Å². The van der Waals surface area contributed by atoms with Gasteiger partial charge < -0.3 is 23.7 Å². The lowest BCUT2D eigenvalue weighted by Crippen LogP contribution is -2.40. The zero-order valence-corrected chi connectivity index (χ0v) is 30.2. The minimum atomic E-state index is -0.865. The van der Waals surface area contributed by atoms with Gasteiger partial charge >= 0.3 is 5.97 Å². The Hall–Kier alpha value is -4.88. The summed E-state index contributed by atoms with van der Waals surface area (Å²) < 4.78 is 31.4. The molecule has 0 spiro atoms. The van der Waals surface area contributed by atoms with E-state index >= 15 is 0 Å². The van der Waals surface area contributed by atoms with Crippen LogP contribution in [-0.4, -0.2) is 38.5 Å². The second-order valence-corrected chi connectivity index (χ2v) is 13.0. The average Bonchev–Trinajstić information content (AvgIpc) is 3.44. The molecule has 0 bridgehead atoms. The normalized spacial score (nSPS) is 14.1. The molecular formula is C38H33IN2O7S. The van der Waals surface area contributed by atoms with E-state index in [2.05, 4.69) is 22.6 Å². The second-order valence-electron chi connectivity index (χ2n) is 10.9. The molecule has 2 heterocycles. The topological polar surface area (TPSA) is 97.6 Å². The van der Waals surface area contributed by atoms with Crippen LogP contribution in [0.2, 0.25) is 0 Å². The molecule has 0 radical (unpaired) electrons. The summed E-state index contributed by atoms with van der Waals surface area (Å²) in [5.41, 5.74) is 3.50. The standard InChI is InChI=1S/C38H33IN2O7S/c1-5-47-37(43)32-33(25-14-10-7-11-15-25)40-38-41(34(32)26-16-17-28(44-2)29(21-26)45-3)36(42)31(49-38)20-24-18-27(39)35(30(19-24)46-4)48-22-23-12-8-6-9-13-23/h6-21,34H,5,22H2,1-4H3/b31-20-/t34-/m0/s1. The smallest absolute Gasteiger partial charge is 0.338 e. The van der Waals surface area contributed by atoms with Gasteiger partial charge in [-0.3, -0.25) is 9.36 Å². The number of thiazole rings is 1. The van der Waals surface area contributed by atoms with Crippen LogP contribution in [0.25, 0.3) is 11.8 Å². The third kappa shape index (κ3) is 6.99. The maximum absolute atomic E-state index is 14.4. The van der Waals surface area contributed by atoms with Gasteiger partial charge in [-0.15, -0.1) is 0 Å². The van der Waals surface area contributed by atoms with Crippen molar-refractivity contribution < 1.29 is 28.5 Å². The number of rotatable bonds is 11. The van der Waals surface area contributed by atoms with Gasteiger partial charge in [0, 0.05) is 5.56 Å². The number of halogens is 1. The summed E-state index contributed by atoms with van der Waals surface area (Å²) in [5, 5.41) is 0. The van der Waals surface area contributed by atoms with Crippen molar-refractivity contribution >= 4 is 51.7 Å². The first kappa shape index (κ1) is 34.0. The van der Waals surface area contributed by atoms with Gasteiger partial charge in [-0.05, 0) is 76.5 Å². The summed E-state index contributed by atoms with van der Waals surface area (Å²) in [7, 11) is 4.68. The van der Waals surface area contributed by atoms with E-state index < -0.39 is 12.0 Å². The third-order valence-electron chi connectivity index (χ3n) is 7.87. The summed E-state index contributed by atoms with van der Waals surface area (Å²) in [5.74, 6) is 1.57. The molecule has 0 fully saturated rings. The first-order chi connectivity index (χ1) is 23.9. The van der Waals surface area contributed by atoms with E-state index in [4.69, 9.17) is 28.7 Å². The molecule has 0 unspecified atom stereocenters. The van der Waals surface area contributed by atoms with Crippen LogP contribution in [-0.2, 0) is 16.1 Å². The molecular weight excluding hydrogens is 755 g/mol. The summed E-state index contributed by atoms with van der Waals surface area (Å²) in [6, 6.07) is 27.6. The fourth-order valence-corrected chi connectivity index (χ4v) is 7.41. The first-order valence-corrected chi connectivity index (χ1v) is 17.3. The highest BCUT2D eigenvalue weighted by Crippen LogP contribution is 2.39. The molecule has 0 saturated heterocycles. The van der Waals surface area contributed by atoms with Crippen molar-refractivity contribution in [3.63, 3.8) is 0 Å². The van der Waals surface area contributed by atoms with Crippen LogP contribution >= 0.6 is 33.9 Å². The number of hydrogen-bond acceptors (Lipinski definition) is 9. The monoisotopic (exact) mass is 788 g/mol. The van der Waals surface area contributed by atoms with Crippen LogP contribution in [0.3, 0.4) is 0 Å². The Bertz CT molecular complexity index is 2210. The van der Waals surface area contributed by atoms with Gasteiger partial charge in [-0.1, -0.05) is 78.1 Å². The Labute approximate surface area is 300 Å². The Morgan fingerprint density at radius 1 is 0.898 bits per heavy atom. The van der Waals surface area contributed by atoms with Crippen molar-refractivity contribution in [2.45, 2.75) is 19.6 Å². The Balaban J connectivity index is 1.53. The molecule has 5 aromatic rings. The molecule has 49 heavy (non-hydrogen) atoms. The summed E-state index contributed by atoms with van der Waals surface area (Å²) in [6.07, 6.45) is 1.80. The molecule has 0 amide bonds. The van der Waals surface area contributed by atoms with Crippen molar-refractivity contribution in [1.82, 2.24) is 4.57 Å². The number of carbonyl (C=O) groups excluding carboxylic acids is 1. The number of methoxy groups -OCH3 is 3. The van der Waals surface area contributed by atoms with Crippen molar-refractivity contribution in [2.24, 2.45) is 4.99 Å². The number of ether oxygens (including phenoxy) is 5. The van der Waals surface area contributed by atoms with Crippen molar-refractivity contribution in [2.75, 3.05) is 27.9 Å². The predicted molar refractivity (Wildman–Crippen MR) is 197 cm³/mol. The SMILES string of the molecule is CCOC(=O)C1=C(c2ccccc2)N=c2s/c(=C\c3cc(I)c(OCc4ccccc4)c(OC)c3)c(=O)n2[C@H]1c1ccc(OC)c(OC)c1. The van der Waals surface area contributed by atoms with E-state index in [0.29, 0.717) is 50.2 Å². The summed E-state index contributed by atoms with van der Waals surface area (Å²) >= 11 is 3.45. The quantitative estimate of drug-likeness (QED) is 0.117. The molecule has 1 aliphatic rings. The maximum Gasteiger partial charge on any atom is 0.338 e. The molecule has 250 valence electrons. The lowest BCUT2D eigenvalue weighted by Gasteiger charge is -2.26. The van der Waals surface area contributed by atoms with Gasteiger partial charge in [0.1, 0.15) is 6.61 Å². The first-order valence-electron chi connectivity index (χ1n) is 15.4. The predicted octanol–water partition coefficient (Wildman–Crippen LogP) is 6.15. The van der Waals surface area contributed by atoms with Gasteiger partial charge in [0.15, 0.2) is 27.8 Å². The number of hydrogen-bond donors (Lipinski definition) is 0. The molecule has 1 aromatic heterocycles. The number of aromatic nitrogens is 1. The van der Waals surface area contributed by atoms with Crippen LogP contribution in [0.5, 0.6) is 23.0 Å². The Morgan fingerprint density at radius 2 is 1.59 bits per heavy atom. The molecule has 9 nitrogen and oxygen atoms in total. The van der Waals surface area contributed by atoms with Gasteiger partial charge in [0.25, 0.3) is 5.56 Å². The zero-order valence-electron chi connectivity index (χ0n) is 27.3. The van der Waals surface area contributed by atoms with E-state index in [9.17, 15) is 9.59 Å². The average molecular weight is 789 g/mol. The number of carbonyl (C=O) groups is 1.